The van der Waals surface area contributed by atoms with Crippen LogP contribution >= 0.6 is 11.8 Å². The Morgan fingerprint density at radius 2 is 1.93 bits per heavy atom. The molecule has 1 saturated heterocycles. The third-order valence-corrected chi connectivity index (χ3v) is 5.47. The fraction of sp³-hybridized carbons (Fsp3) is 0.368. The molecule has 9 heteroatoms. The molecule has 2 aromatic rings. The second-order valence-electron chi connectivity index (χ2n) is 6.69. The van der Waals surface area contributed by atoms with Gasteiger partial charge in [-0.25, -0.2) is 0 Å². The minimum Gasteiger partial charge on any atom is -0.368 e. The number of thioether (sulfide) groups is 1. The summed E-state index contributed by atoms with van der Waals surface area (Å²) in [6.07, 6.45) is 3.64. The molecular formula is C19H20F3N5S. The van der Waals surface area contributed by atoms with Crippen molar-refractivity contribution < 1.29 is 13.2 Å². The molecule has 1 N–H and O–H groups in total. The van der Waals surface area contributed by atoms with Gasteiger partial charge in [0.05, 0.1) is 13.2 Å². The van der Waals surface area contributed by atoms with Crippen LogP contribution in [-0.2, 0) is 6.54 Å². The molecule has 0 amide bonds. The number of nitrogens with zero attached hydrogens (tertiary/aromatic N) is 4. The van der Waals surface area contributed by atoms with Crippen LogP contribution < -0.4 is 10.2 Å². The number of anilines is 1. The van der Waals surface area contributed by atoms with E-state index in [0.29, 0.717) is 0 Å². The van der Waals surface area contributed by atoms with Crippen molar-refractivity contribution in [3.63, 3.8) is 0 Å². The highest BCUT2D eigenvalue weighted by Crippen LogP contribution is 2.37. The van der Waals surface area contributed by atoms with Crippen molar-refractivity contribution in [2.45, 2.75) is 16.9 Å². The van der Waals surface area contributed by atoms with Gasteiger partial charge in [-0.1, -0.05) is 0 Å². The average molecular weight is 407 g/mol. The fourth-order valence-electron chi connectivity index (χ4n) is 3.44. The SMILES string of the molecule is FC(F)(F)Sc1ccc(N2CCN(Cc3ccncc3C3=NCCN3)C2)cc1. The van der Waals surface area contributed by atoms with E-state index in [0.717, 1.165) is 56.5 Å². The van der Waals surface area contributed by atoms with Crippen LogP contribution in [0.4, 0.5) is 18.9 Å². The van der Waals surface area contributed by atoms with Gasteiger partial charge in [-0.15, -0.1) is 0 Å². The summed E-state index contributed by atoms with van der Waals surface area (Å²) in [5, 5.41) is 3.29. The number of benzene rings is 1. The van der Waals surface area contributed by atoms with Gasteiger partial charge in [-0.2, -0.15) is 13.2 Å². The predicted octanol–water partition coefficient (Wildman–Crippen LogP) is 3.32. The van der Waals surface area contributed by atoms with Gasteiger partial charge in [-0.3, -0.25) is 14.9 Å². The molecule has 1 aromatic carbocycles. The van der Waals surface area contributed by atoms with Crippen molar-refractivity contribution in [1.29, 1.82) is 0 Å². The number of halogens is 3. The second kappa shape index (κ2) is 8.00. The highest BCUT2D eigenvalue weighted by atomic mass is 32.2. The summed E-state index contributed by atoms with van der Waals surface area (Å²) in [6, 6.07) is 8.59. The molecule has 0 spiro atoms. The Balaban J connectivity index is 1.40. The Hall–Kier alpha value is -2.26. The smallest absolute Gasteiger partial charge is 0.368 e. The number of amidine groups is 1. The molecule has 5 nitrogen and oxygen atoms in total. The van der Waals surface area contributed by atoms with Crippen molar-refractivity contribution >= 4 is 23.3 Å². The van der Waals surface area contributed by atoms with Crippen LogP contribution in [0.3, 0.4) is 0 Å². The molecule has 0 atom stereocenters. The first-order valence-corrected chi connectivity index (χ1v) is 9.84. The van der Waals surface area contributed by atoms with Crippen molar-refractivity contribution in [1.82, 2.24) is 15.2 Å². The van der Waals surface area contributed by atoms with Gasteiger partial charge in [0, 0.05) is 54.7 Å². The topological polar surface area (TPSA) is 43.8 Å². The molecule has 1 fully saturated rings. The summed E-state index contributed by atoms with van der Waals surface area (Å²) in [5.41, 5.74) is -1.12. The van der Waals surface area contributed by atoms with E-state index in [2.05, 4.69) is 25.1 Å². The van der Waals surface area contributed by atoms with Crippen molar-refractivity contribution in [3.8, 4) is 0 Å². The van der Waals surface area contributed by atoms with E-state index < -0.39 is 5.51 Å². The Morgan fingerprint density at radius 3 is 2.64 bits per heavy atom. The largest absolute Gasteiger partial charge is 0.446 e. The lowest BCUT2D eigenvalue weighted by Crippen LogP contribution is -2.27. The number of nitrogens with one attached hydrogen (secondary N) is 1. The lowest BCUT2D eigenvalue weighted by molar-refractivity contribution is -0.0328. The Kier molecular flexibility index (Phi) is 5.45. The van der Waals surface area contributed by atoms with E-state index >= 15 is 0 Å². The molecule has 1 aromatic heterocycles. The molecule has 4 rings (SSSR count). The third-order valence-electron chi connectivity index (χ3n) is 4.73. The average Bonchev–Trinajstić information content (AvgIpc) is 3.34. The summed E-state index contributed by atoms with van der Waals surface area (Å²) in [5.74, 6) is 0.900. The fourth-order valence-corrected chi connectivity index (χ4v) is 3.98. The zero-order valence-electron chi connectivity index (χ0n) is 15.1. The normalized spacial score (nSPS) is 17.7. The van der Waals surface area contributed by atoms with Gasteiger partial charge >= 0.3 is 5.51 Å². The van der Waals surface area contributed by atoms with E-state index in [1.165, 1.54) is 17.7 Å². The number of hydrogen-bond acceptors (Lipinski definition) is 6. The van der Waals surface area contributed by atoms with E-state index in [4.69, 9.17) is 0 Å². The molecule has 28 heavy (non-hydrogen) atoms. The molecule has 2 aliphatic heterocycles. The van der Waals surface area contributed by atoms with Crippen LogP contribution in [-0.4, -0.2) is 54.1 Å². The van der Waals surface area contributed by atoms with E-state index in [9.17, 15) is 13.2 Å². The Morgan fingerprint density at radius 1 is 1.11 bits per heavy atom. The molecule has 0 bridgehead atoms. The van der Waals surface area contributed by atoms with Crippen molar-refractivity contribution in [3.05, 3.63) is 53.9 Å². The van der Waals surface area contributed by atoms with Gasteiger partial charge in [0.2, 0.25) is 0 Å². The first-order chi connectivity index (χ1) is 13.5. The number of rotatable bonds is 5. The van der Waals surface area contributed by atoms with Crippen LogP contribution in [0.15, 0.2) is 52.6 Å². The number of aliphatic imine (C=N–C) groups is 1. The summed E-state index contributed by atoms with van der Waals surface area (Å²) in [7, 11) is 0. The van der Waals surface area contributed by atoms with Gasteiger partial charge in [0.15, 0.2) is 0 Å². The number of hydrogen-bond donors (Lipinski definition) is 1. The van der Waals surface area contributed by atoms with Crippen LogP contribution in [0.5, 0.6) is 0 Å². The second-order valence-corrected chi connectivity index (χ2v) is 7.83. The predicted molar refractivity (Wildman–Crippen MR) is 105 cm³/mol. The van der Waals surface area contributed by atoms with Crippen LogP contribution in [0.2, 0.25) is 0 Å². The number of pyridine rings is 1. The lowest BCUT2D eigenvalue weighted by Gasteiger charge is -2.21. The van der Waals surface area contributed by atoms with Gasteiger partial charge in [0.25, 0.3) is 0 Å². The third kappa shape index (κ3) is 4.59. The number of aromatic nitrogens is 1. The number of alkyl halides is 3. The van der Waals surface area contributed by atoms with Crippen LogP contribution in [0.25, 0.3) is 0 Å². The molecule has 2 aliphatic rings. The summed E-state index contributed by atoms with van der Waals surface area (Å²) < 4.78 is 37.4. The molecule has 148 valence electrons. The van der Waals surface area contributed by atoms with E-state index in [1.54, 1.807) is 18.3 Å². The van der Waals surface area contributed by atoms with Gasteiger partial charge in [0.1, 0.15) is 5.84 Å². The van der Waals surface area contributed by atoms with Gasteiger partial charge < -0.3 is 10.2 Å². The van der Waals surface area contributed by atoms with E-state index in [1.807, 2.05) is 12.3 Å². The maximum Gasteiger partial charge on any atom is 0.446 e. The quantitative estimate of drug-likeness (QED) is 0.771. The first kappa shape index (κ1) is 19.1. The molecule has 0 aliphatic carbocycles. The summed E-state index contributed by atoms with van der Waals surface area (Å²) in [4.78, 5) is 13.4. The molecule has 3 heterocycles. The molecule has 0 saturated carbocycles. The molecule has 0 unspecified atom stereocenters. The zero-order chi connectivity index (χ0) is 19.6. The highest BCUT2D eigenvalue weighted by Gasteiger charge is 2.29. The molecule has 0 radical (unpaired) electrons. The van der Waals surface area contributed by atoms with Crippen LogP contribution in [0.1, 0.15) is 11.1 Å². The van der Waals surface area contributed by atoms with Crippen molar-refractivity contribution in [2.24, 2.45) is 4.99 Å². The zero-order valence-corrected chi connectivity index (χ0v) is 15.9. The van der Waals surface area contributed by atoms with E-state index in [-0.39, 0.29) is 16.7 Å². The van der Waals surface area contributed by atoms with Gasteiger partial charge in [-0.05, 0) is 47.7 Å². The Labute approximate surface area is 165 Å². The Bertz CT molecular complexity index is 853. The van der Waals surface area contributed by atoms with Crippen molar-refractivity contribution in [2.75, 3.05) is 37.7 Å². The highest BCUT2D eigenvalue weighted by molar-refractivity contribution is 8.00. The van der Waals surface area contributed by atoms with Crippen LogP contribution in [0, 0.1) is 0 Å². The monoisotopic (exact) mass is 407 g/mol. The summed E-state index contributed by atoms with van der Waals surface area (Å²) in [6.45, 7) is 4.87. The lowest BCUT2D eigenvalue weighted by atomic mass is 10.1. The first-order valence-electron chi connectivity index (χ1n) is 9.03. The minimum absolute atomic E-state index is 0.0841. The molecular weight excluding hydrogens is 387 g/mol. The maximum absolute atomic E-state index is 12.5. The minimum atomic E-state index is -4.26. The maximum atomic E-state index is 12.5. The standard InChI is InChI=1S/C19H20F3N5S/c20-19(21,22)28-16-3-1-15(2-4-16)27-10-9-26(13-27)12-14-5-6-23-11-17(14)18-24-7-8-25-18/h1-6,11H,7-10,12-13H2,(H,24,25). The summed E-state index contributed by atoms with van der Waals surface area (Å²) >= 11 is -0.0841.